The number of nitrogens with zero attached hydrogens (tertiary/aromatic N) is 1. The smallest absolute Gasteiger partial charge is 0.369 e. The van der Waals surface area contributed by atoms with Crippen LogP contribution >= 0.6 is 11.8 Å². The van der Waals surface area contributed by atoms with E-state index < -0.39 is 5.51 Å². The number of nitriles is 1. The molecule has 102 valence electrons. The topological polar surface area (TPSA) is 50.1 Å². The van der Waals surface area contributed by atoms with E-state index in [0.717, 1.165) is 0 Å². The molecule has 19 heavy (non-hydrogen) atoms. The average molecular weight is 289 g/mol. The van der Waals surface area contributed by atoms with Crippen molar-refractivity contribution in [2.24, 2.45) is 0 Å². The van der Waals surface area contributed by atoms with Crippen LogP contribution in [0.3, 0.4) is 0 Å². The number of halogens is 3. The molecule has 0 heterocycles. The number of carbonyl (C=O) groups is 1. The Morgan fingerprint density at radius 3 is 2.79 bits per heavy atom. The second-order valence-electron chi connectivity index (χ2n) is 3.56. The van der Waals surface area contributed by atoms with Crippen molar-refractivity contribution in [1.29, 1.82) is 5.26 Å². The standard InChI is InChI=1S/C12H10F3NO2S/c13-12(14,15)19-11-3-1-2-9(6-11)7-18-8-10(17)4-5-16/h1-3,6H,4,7-8H2. The molecule has 0 N–H and O–H groups in total. The lowest BCUT2D eigenvalue weighted by molar-refractivity contribution is -0.123. The van der Waals surface area contributed by atoms with Crippen LogP contribution in [0.5, 0.6) is 0 Å². The van der Waals surface area contributed by atoms with Crippen LogP contribution in [0, 0.1) is 11.3 Å². The molecule has 0 unspecified atom stereocenters. The van der Waals surface area contributed by atoms with Crippen LogP contribution in [0.15, 0.2) is 29.2 Å². The third-order valence-corrected chi connectivity index (χ3v) is 2.66. The van der Waals surface area contributed by atoms with Gasteiger partial charge in [0.2, 0.25) is 0 Å². The van der Waals surface area contributed by atoms with E-state index in [4.69, 9.17) is 10.00 Å². The minimum absolute atomic E-state index is 0.0312. The molecule has 1 aromatic rings. The molecular formula is C12H10F3NO2S. The Morgan fingerprint density at radius 2 is 2.16 bits per heavy atom. The zero-order valence-electron chi connectivity index (χ0n) is 9.74. The van der Waals surface area contributed by atoms with E-state index in [0.29, 0.717) is 5.56 Å². The van der Waals surface area contributed by atoms with E-state index in [1.807, 2.05) is 0 Å². The van der Waals surface area contributed by atoms with Crippen molar-refractivity contribution in [2.45, 2.75) is 23.4 Å². The third kappa shape index (κ3) is 6.84. The molecule has 0 aliphatic rings. The summed E-state index contributed by atoms with van der Waals surface area (Å²) in [6.07, 6.45) is -0.232. The predicted molar refractivity (Wildman–Crippen MR) is 63.2 cm³/mol. The number of thioether (sulfide) groups is 1. The number of ketones is 1. The minimum atomic E-state index is -4.33. The van der Waals surface area contributed by atoms with E-state index >= 15 is 0 Å². The van der Waals surface area contributed by atoms with Gasteiger partial charge < -0.3 is 4.74 Å². The zero-order chi connectivity index (χ0) is 14.3. The maximum absolute atomic E-state index is 12.2. The Balaban J connectivity index is 2.49. The molecule has 0 aromatic heterocycles. The summed E-state index contributed by atoms with van der Waals surface area (Å²) >= 11 is -0.203. The van der Waals surface area contributed by atoms with Gasteiger partial charge in [0.1, 0.15) is 6.61 Å². The van der Waals surface area contributed by atoms with Gasteiger partial charge in [0, 0.05) is 4.90 Å². The molecule has 0 atom stereocenters. The molecule has 0 aliphatic carbocycles. The highest BCUT2D eigenvalue weighted by atomic mass is 32.2. The minimum Gasteiger partial charge on any atom is -0.369 e. The van der Waals surface area contributed by atoms with Crippen LogP contribution in [0.4, 0.5) is 13.2 Å². The molecule has 1 rings (SSSR count). The number of benzene rings is 1. The van der Waals surface area contributed by atoms with Crippen LogP contribution in [-0.2, 0) is 16.1 Å². The predicted octanol–water partition coefficient (Wildman–Crippen LogP) is 3.30. The van der Waals surface area contributed by atoms with Crippen molar-refractivity contribution in [3.05, 3.63) is 29.8 Å². The molecule has 0 saturated heterocycles. The van der Waals surface area contributed by atoms with Crippen LogP contribution in [0.1, 0.15) is 12.0 Å². The quantitative estimate of drug-likeness (QED) is 0.754. The van der Waals surface area contributed by atoms with Gasteiger partial charge in [-0.05, 0) is 29.5 Å². The number of Topliss-reactive ketones (excluding diaryl/α,β-unsaturated/α-hetero) is 1. The molecule has 0 radical (unpaired) electrons. The summed E-state index contributed by atoms with van der Waals surface area (Å²) in [5, 5.41) is 8.26. The largest absolute Gasteiger partial charge is 0.446 e. The summed E-state index contributed by atoms with van der Waals surface area (Å²) in [7, 11) is 0. The lowest BCUT2D eigenvalue weighted by Crippen LogP contribution is -2.07. The first kappa shape index (κ1) is 15.5. The molecule has 0 aliphatic heterocycles. The highest BCUT2D eigenvalue weighted by Crippen LogP contribution is 2.36. The maximum Gasteiger partial charge on any atom is 0.446 e. The number of carbonyl (C=O) groups excluding carboxylic acids is 1. The van der Waals surface area contributed by atoms with Gasteiger partial charge >= 0.3 is 5.51 Å². The number of ether oxygens (including phenoxy) is 1. The third-order valence-electron chi connectivity index (χ3n) is 1.94. The van der Waals surface area contributed by atoms with Gasteiger partial charge in [-0.1, -0.05) is 12.1 Å². The Kier molecular flexibility index (Phi) is 5.86. The van der Waals surface area contributed by atoms with Gasteiger partial charge in [0.15, 0.2) is 5.78 Å². The fraction of sp³-hybridized carbons (Fsp3) is 0.333. The summed E-state index contributed by atoms with van der Waals surface area (Å²) < 4.78 is 41.5. The lowest BCUT2D eigenvalue weighted by atomic mass is 10.2. The monoisotopic (exact) mass is 289 g/mol. The average Bonchev–Trinajstić information content (AvgIpc) is 2.27. The summed E-state index contributed by atoms with van der Waals surface area (Å²) in [5.41, 5.74) is -3.79. The molecule has 3 nitrogen and oxygen atoms in total. The first-order valence-electron chi connectivity index (χ1n) is 5.22. The van der Waals surface area contributed by atoms with Crippen molar-refractivity contribution < 1.29 is 22.7 Å². The van der Waals surface area contributed by atoms with Gasteiger partial charge in [0.05, 0.1) is 19.1 Å². The highest BCUT2D eigenvalue weighted by Gasteiger charge is 2.29. The summed E-state index contributed by atoms with van der Waals surface area (Å²) in [5.74, 6) is -0.358. The molecule has 7 heteroatoms. The Bertz CT molecular complexity index is 483. The zero-order valence-corrected chi connectivity index (χ0v) is 10.6. The maximum atomic E-state index is 12.2. The normalized spacial score (nSPS) is 11.1. The molecule has 0 saturated carbocycles. The Hall–Kier alpha value is -1.52. The summed E-state index contributed by atoms with van der Waals surface area (Å²) in [6, 6.07) is 7.49. The fourth-order valence-corrected chi connectivity index (χ4v) is 1.88. The van der Waals surface area contributed by atoms with Crippen molar-refractivity contribution in [1.82, 2.24) is 0 Å². The molecule has 0 bridgehead atoms. The van der Waals surface area contributed by atoms with Crippen LogP contribution in [0.2, 0.25) is 0 Å². The Morgan fingerprint density at radius 1 is 1.42 bits per heavy atom. The van der Waals surface area contributed by atoms with Gasteiger partial charge in [-0.3, -0.25) is 4.79 Å². The summed E-state index contributed by atoms with van der Waals surface area (Å²) in [4.78, 5) is 11.1. The molecule has 0 amide bonds. The van der Waals surface area contributed by atoms with Crippen LogP contribution < -0.4 is 0 Å². The van der Waals surface area contributed by atoms with Gasteiger partial charge in [-0.2, -0.15) is 18.4 Å². The van der Waals surface area contributed by atoms with Gasteiger partial charge in [-0.15, -0.1) is 0 Å². The van der Waals surface area contributed by atoms with E-state index in [9.17, 15) is 18.0 Å². The van der Waals surface area contributed by atoms with Crippen molar-refractivity contribution >= 4 is 17.5 Å². The van der Waals surface area contributed by atoms with E-state index in [1.54, 1.807) is 12.1 Å². The lowest BCUT2D eigenvalue weighted by Gasteiger charge is -2.07. The second kappa shape index (κ2) is 7.16. The molecule has 0 fully saturated rings. The fourth-order valence-electron chi connectivity index (χ4n) is 1.25. The molecule has 0 spiro atoms. The highest BCUT2D eigenvalue weighted by molar-refractivity contribution is 8.00. The number of hydrogen-bond donors (Lipinski definition) is 0. The molecular weight excluding hydrogens is 279 g/mol. The summed E-state index contributed by atoms with van der Waals surface area (Å²) in [6.45, 7) is -0.187. The van der Waals surface area contributed by atoms with Crippen LogP contribution in [0.25, 0.3) is 0 Å². The van der Waals surface area contributed by atoms with E-state index in [2.05, 4.69) is 0 Å². The SMILES string of the molecule is N#CCC(=O)COCc1cccc(SC(F)(F)F)c1. The van der Waals surface area contributed by atoms with Crippen molar-refractivity contribution in [2.75, 3.05) is 6.61 Å². The van der Waals surface area contributed by atoms with Gasteiger partial charge in [0.25, 0.3) is 0 Å². The van der Waals surface area contributed by atoms with E-state index in [1.165, 1.54) is 18.2 Å². The number of alkyl halides is 3. The van der Waals surface area contributed by atoms with Crippen LogP contribution in [-0.4, -0.2) is 17.9 Å². The second-order valence-corrected chi connectivity index (χ2v) is 4.70. The van der Waals surface area contributed by atoms with Gasteiger partial charge in [-0.25, -0.2) is 0 Å². The number of hydrogen-bond acceptors (Lipinski definition) is 4. The Labute approximate surface area is 112 Å². The first-order valence-corrected chi connectivity index (χ1v) is 6.03. The van der Waals surface area contributed by atoms with Crippen molar-refractivity contribution in [3.8, 4) is 6.07 Å². The number of rotatable bonds is 6. The van der Waals surface area contributed by atoms with E-state index in [-0.39, 0.29) is 42.1 Å². The van der Waals surface area contributed by atoms with Crippen molar-refractivity contribution in [3.63, 3.8) is 0 Å². The molecule has 1 aromatic carbocycles. The first-order chi connectivity index (χ1) is 8.90.